The molecule has 0 amide bonds. The summed E-state index contributed by atoms with van der Waals surface area (Å²) in [4.78, 5) is 3.91. The van der Waals surface area contributed by atoms with Crippen molar-refractivity contribution in [1.82, 2.24) is 9.55 Å². The second kappa shape index (κ2) is 5.72. The number of aliphatic hydroxyl groups excluding tert-OH is 4. The Labute approximate surface area is 120 Å². The monoisotopic (exact) mass is 303 g/mol. The van der Waals surface area contributed by atoms with E-state index in [1.807, 2.05) is 0 Å². The van der Waals surface area contributed by atoms with E-state index in [-0.39, 0.29) is 10.6 Å². The number of rotatable bonds is 3. The Bertz CT molecular complexity index is 549. The lowest BCUT2D eigenvalue weighted by Gasteiger charge is -2.20. The normalized spacial score (nSPS) is 31.4. The first-order valence-corrected chi connectivity index (χ1v) is 6.46. The van der Waals surface area contributed by atoms with E-state index in [1.165, 1.54) is 17.7 Å². The zero-order chi connectivity index (χ0) is 15.0. The molecule has 112 valence electrons. The lowest BCUT2D eigenvalue weighted by Crippen LogP contribution is -2.33. The molecule has 20 heavy (non-hydrogen) atoms. The van der Waals surface area contributed by atoms with Crippen LogP contribution >= 0.6 is 12.2 Å². The summed E-state index contributed by atoms with van der Waals surface area (Å²) in [5.74, 6) is 0.0907. The Morgan fingerprint density at radius 1 is 1.50 bits per heavy atom. The van der Waals surface area contributed by atoms with Crippen LogP contribution in [0.3, 0.4) is 0 Å². The van der Waals surface area contributed by atoms with Crippen molar-refractivity contribution in [3.63, 3.8) is 0 Å². The fourth-order valence-electron chi connectivity index (χ4n) is 2.11. The van der Waals surface area contributed by atoms with Crippen molar-refractivity contribution in [2.24, 2.45) is 0 Å². The average molecular weight is 303 g/mol. The second-order valence-electron chi connectivity index (χ2n) is 4.68. The van der Waals surface area contributed by atoms with Gasteiger partial charge in [0.25, 0.3) is 0 Å². The summed E-state index contributed by atoms with van der Waals surface area (Å²) in [6.45, 7) is 1.08. The summed E-state index contributed by atoms with van der Waals surface area (Å²) < 4.78 is 6.71. The van der Waals surface area contributed by atoms with Crippen molar-refractivity contribution < 1.29 is 25.2 Å². The van der Waals surface area contributed by atoms with Crippen LogP contribution in [0.1, 0.15) is 24.8 Å². The summed E-state index contributed by atoms with van der Waals surface area (Å²) in [5.41, 5.74) is 5.99. The van der Waals surface area contributed by atoms with Gasteiger partial charge in [-0.25, -0.2) is 4.98 Å². The highest BCUT2D eigenvalue weighted by molar-refractivity contribution is 7.71. The second-order valence-corrected chi connectivity index (χ2v) is 5.04. The van der Waals surface area contributed by atoms with Crippen molar-refractivity contribution in [1.29, 1.82) is 0 Å². The van der Waals surface area contributed by atoms with Crippen molar-refractivity contribution in [3.05, 3.63) is 16.5 Å². The third-order valence-corrected chi connectivity index (χ3v) is 3.55. The molecule has 0 spiro atoms. The molecule has 0 radical (unpaired) electrons. The van der Waals surface area contributed by atoms with E-state index < -0.39 is 37.3 Å². The molecule has 2 rings (SSSR count). The largest absolute Gasteiger partial charge is 0.394 e. The standard InChI is InChI=1S/C11H17N3O5S/c1-4(16)5-2-14(11(20)13-9(5)12)10-8(18)7(17)6(3-15)19-10/h2,4,6-8,10,15-18H,3H2,1H3,(H2,12,13,20). The van der Waals surface area contributed by atoms with E-state index in [0.29, 0.717) is 5.56 Å². The van der Waals surface area contributed by atoms with E-state index in [2.05, 4.69) is 4.98 Å². The van der Waals surface area contributed by atoms with Gasteiger partial charge in [0, 0.05) is 11.8 Å². The Hall–Kier alpha value is -1.10. The molecule has 1 aliphatic rings. The molecule has 1 saturated heterocycles. The summed E-state index contributed by atoms with van der Waals surface area (Å²) in [6, 6.07) is 0. The van der Waals surface area contributed by atoms with Crippen LogP contribution in [0.2, 0.25) is 0 Å². The Morgan fingerprint density at radius 3 is 2.65 bits per heavy atom. The van der Waals surface area contributed by atoms with Gasteiger partial charge in [0.1, 0.15) is 24.1 Å². The molecule has 5 atom stereocenters. The maximum Gasteiger partial charge on any atom is 0.203 e. The molecule has 1 fully saturated rings. The first kappa shape index (κ1) is 15.3. The molecule has 9 heteroatoms. The number of aliphatic hydroxyl groups is 4. The fraction of sp³-hybridized carbons (Fsp3) is 0.636. The molecule has 0 aliphatic carbocycles. The highest BCUT2D eigenvalue weighted by Crippen LogP contribution is 2.30. The van der Waals surface area contributed by atoms with Gasteiger partial charge in [0.15, 0.2) is 6.23 Å². The third-order valence-electron chi connectivity index (χ3n) is 3.25. The van der Waals surface area contributed by atoms with Crippen LogP contribution < -0.4 is 5.73 Å². The number of anilines is 1. The molecule has 6 N–H and O–H groups in total. The highest BCUT2D eigenvalue weighted by atomic mass is 32.1. The fourth-order valence-corrected chi connectivity index (χ4v) is 2.37. The quantitative estimate of drug-likeness (QED) is 0.442. The summed E-state index contributed by atoms with van der Waals surface area (Å²) in [6.07, 6.45) is -3.87. The van der Waals surface area contributed by atoms with Crippen LogP contribution in [0.15, 0.2) is 6.20 Å². The highest BCUT2D eigenvalue weighted by Gasteiger charge is 2.43. The molecule has 1 aromatic heterocycles. The van der Waals surface area contributed by atoms with E-state index in [4.69, 9.17) is 27.8 Å². The molecule has 2 heterocycles. The van der Waals surface area contributed by atoms with Crippen LogP contribution in [0.25, 0.3) is 0 Å². The van der Waals surface area contributed by atoms with Crippen molar-refractivity contribution in [2.45, 2.75) is 37.6 Å². The number of nitrogen functional groups attached to an aromatic ring is 1. The van der Waals surface area contributed by atoms with Crippen LogP contribution in [0, 0.1) is 4.77 Å². The van der Waals surface area contributed by atoms with Gasteiger partial charge in [-0.3, -0.25) is 4.57 Å². The molecule has 0 bridgehead atoms. The van der Waals surface area contributed by atoms with E-state index in [0.717, 1.165) is 0 Å². The van der Waals surface area contributed by atoms with Gasteiger partial charge >= 0.3 is 0 Å². The van der Waals surface area contributed by atoms with Crippen LogP contribution in [-0.2, 0) is 4.74 Å². The summed E-state index contributed by atoms with van der Waals surface area (Å²) >= 11 is 5.04. The molecule has 8 nitrogen and oxygen atoms in total. The van der Waals surface area contributed by atoms with Gasteiger partial charge in [0.05, 0.1) is 12.7 Å². The van der Waals surface area contributed by atoms with Crippen molar-refractivity contribution >= 4 is 18.0 Å². The minimum Gasteiger partial charge on any atom is -0.394 e. The maximum absolute atomic E-state index is 9.96. The van der Waals surface area contributed by atoms with Gasteiger partial charge in [-0.15, -0.1) is 0 Å². The number of hydrogen-bond donors (Lipinski definition) is 5. The van der Waals surface area contributed by atoms with Gasteiger partial charge in [0.2, 0.25) is 4.77 Å². The average Bonchev–Trinajstić information content (AvgIpc) is 2.66. The molecular weight excluding hydrogens is 286 g/mol. The molecule has 0 aromatic carbocycles. The molecule has 0 saturated carbocycles. The lowest BCUT2D eigenvalue weighted by molar-refractivity contribution is -0.0543. The van der Waals surface area contributed by atoms with Gasteiger partial charge in [-0.2, -0.15) is 0 Å². The molecule has 1 aromatic rings. The third kappa shape index (κ3) is 2.55. The topological polar surface area (TPSA) is 134 Å². The summed E-state index contributed by atoms with van der Waals surface area (Å²) in [7, 11) is 0. The van der Waals surface area contributed by atoms with Gasteiger partial charge in [-0.05, 0) is 19.1 Å². The van der Waals surface area contributed by atoms with Gasteiger partial charge < -0.3 is 30.9 Å². The van der Waals surface area contributed by atoms with Crippen LogP contribution in [-0.4, -0.2) is 54.9 Å². The predicted molar refractivity (Wildman–Crippen MR) is 71.1 cm³/mol. The maximum atomic E-state index is 9.96. The van der Waals surface area contributed by atoms with Crippen molar-refractivity contribution in [2.75, 3.05) is 12.3 Å². The van der Waals surface area contributed by atoms with Crippen LogP contribution in [0.4, 0.5) is 5.82 Å². The number of aromatic nitrogens is 2. The Kier molecular flexibility index (Phi) is 4.37. The van der Waals surface area contributed by atoms with E-state index >= 15 is 0 Å². The SMILES string of the molecule is CC(O)c1cn(C2OC(CO)C(O)C2O)c(=S)nc1N. The zero-order valence-corrected chi connectivity index (χ0v) is 11.6. The molecule has 5 unspecified atom stereocenters. The minimum absolute atomic E-state index is 0.0433. The van der Waals surface area contributed by atoms with Crippen molar-refractivity contribution in [3.8, 4) is 0 Å². The first-order valence-electron chi connectivity index (χ1n) is 6.06. The smallest absolute Gasteiger partial charge is 0.203 e. The predicted octanol–water partition coefficient (Wildman–Crippen LogP) is -1.14. The number of nitrogens with zero attached hydrogens (tertiary/aromatic N) is 2. The first-order chi connectivity index (χ1) is 9.36. The number of hydrogen-bond acceptors (Lipinski definition) is 8. The van der Waals surface area contributed by atoms with E-state index in [9.17, 15) is 15.3 Å². The number of ether oxygens (including phenoxy) is 1. The Balaban J connectivity index is 2.43. The summed E-state index contributed by atoms with van der Waals surface area (Å²) in [5, 5.41) is 38.4. The minimum atomic E-state index is -1.27. The van der Waals surface area contributed by atoms with Crippen LogP contribution in [0.5, 0.6) is 0 Å². The molecule has 1 aliphatic heterocycles. The Morgan fingerprint density at radius 2 is 2.15 bits per heavy atom. The zero-order valence-electron chi connectivity index (χ0n) is 10.7. The van der Waals surface area contributed by atoms with Gasteiger partial charge in [-0.1, -0.05) is 0 Å². The number of nitrogens with two attached hydrogens (primary N) is 1. The molecular formula is C11H17N3O5S. The van der Waals surface area contributed by atoms with E-state index in [1.54, 1.807) is 0 Å². The lowest BCUT2D eigenvalue weighted by atomic mass is 10.1.